The maximum atomic E-state index is 11.9. The zero-order valence-electron chi connectivity index (χ0n) is 11.7. The molecule has 0 heterocycles. The molecule has 3 N–H and O–H groups in total. The average molecular weight is 268 g/mol. The van der Waals surface area contributed by atoms with E-state index in [1.54, 1.807) is 0 Å². The van der Waals surface area contributed by atoms with Crippen molar-refractivity contribution < 1.29 is 4.79 Å². The second-order valence-electron chi connectivity index (χ2n) is 4.92. The Labute approximate surface area is 119 Å². The Morgan fingerprint density at radius 3 is 2.45 bits per heavy atom. The van der Waals surface area contributed by atoms with E-state index in [0.717, 1.165) is 16.7 Å². The number of benzene rings is 2. The number of nitrogens with one attached hydrogen (secondary N) is 1. The molecule has 1 amide bonds. The summed E-state index contributed by atoms with van der Waals surface area (Å²) in [5.74, 6) is 0.00526. The van der Waals surface area contributed by atoms with E-state index in [1.165, 1.54) is 0 Å². The molecule has 0 aliphatic carbocycles. The van der Waals surface area contributed by atoms with Crippen LogP contribution >= 0.6 is 0 Å². The van der Waals surface area contributed by atoms with Crippen LogP contribution in [0.25, 0.3) is 0 Å². The van der Waals surface area contributed by atoms with Crippen LogP contribution in [0.4, 0.5) is 0 Å². The molecule has 2 aromatic rings. The van der Waals surface area contributed by atoms with E-state index < -0.39 is 0 Å². The van der Waals surface area contributed by atoms with Crippen LogP contribution < -0.4 is 11.1 Å². The van der Waals surface area contributed by atoms with Gasteiger partial charge in [0.05, 0.1) is 6.42 Å². The van der Waals surface area contributed by atoms with Crippen molar-refractivity contribution in [3.8, 4) is 0 Å². The van der Waals surface area contributed by atoms with Crippen LogP contribution in [0.3, 0.4) is 0 Å². The zero-order valence-corrected chi connectivity index (χ0v) is 11.7. The quantitative estimate of drug-likeness (QED) is 0.874. The SMILES string of the molecule is Cc1ccccc1CC(=O)NCC(N)c1ccccc1. The zero-order chi connectivity index (χ0) is 14.4. The summed E-state index contributed by atoms with van der Waals surface area (Å²) in [5.41, 5.74) is 9.27. The maximum absolute atomic E-state index is 11.9. The first kappa shape index (κ1) is 14.3. The number of hydrogen-bond donors (Lipinski definition) is 2. The highest BCUT2D eigenvalue weighted by Gasteiger charge is 2.09. The number of carbonyl (C=O) groups is 1. The van der Waals surface area contributed by atoms with E-state index in [4.69, 9.17) is 5.73 Å². The smallest absolute Gasteiger partial charge is 0.224 e. The standard InChI is InChI=1S/C17H20N2O/c1-13-7-5-6-10-15(13)11-17(20)19-12-16(18)14-8-3-2-4-9-14/h2-10,16H,11-12,18H2,1H3,(H,19,20). The highest BCUT2D eigenvalue weighted by atomic mass is 16.1. The van der Waals surface area contributed by atoms with Crippen LogP contribution in [0.5, 0.6) is 0 Å². The van der Waals surface area contributed by atoms with Gasteiger partial charge < -0.3 is 11.1 Å². The van der Waals surface area contributed by atoms with Gasteiger partial charge in [-0.2, -0.15) is 0 Å². The fourth-order valence-corrected chi connectivity index (χ4v) is 2.09. The fraction of sp³-hybridized carbons (Fsp3) is 0.235. The molecular formula is C17H20N2O. The Hall–Kier alpha value is -2.13. The lowest BCUT2D eigenvalue weighted by atomic mass is 10.1. The number of hydrogen-bond acceptors (Lipinski definition) is 2. The minimum absolute atomic E-state index is 0.00526. The summed E-state index contributed by atoms with van der Waals surface area (Å²) in [7, 11) is 0. The summed E-state index contributed by atoms with van der Waals surface area (Å²) in [5, 5.41) is 2.89. The van der Waals surface area contributed by atoms with Crippen LogP contribution in [0, 0.1) is 6.92 Å². The van der Waals surface area contributed by atoms with Gasteiger partial charge in [0.25, 0.3) is 0 Å². The van der Waals surface area contributed by atoms with Crippen molar-refractivity contribution in [3.05, 3.63) is 71.3 Å². The third-order valence-electron chi connectivity index (χ3n) is 3.36. The van der Waals surface area contributed by atoms with Gasteiger partial charge in [0.15, 0.2) is 0 Å². The van der Waals surface area contributed by atoms with E-state index in [1.807, 2.05) is 61.5 Å². The molecule has 0 aliphatic heterocycles. The van der Waals surface area contributed by atoms with Crippen molar-refractivity contribution in [3.63, 3.8) is 0 Å². The monoisotopic (exact) mass is 268 g/mol. The van der Waals surface area contributed by atoms with E-state index in [9.17, 15) is 4.79 Å². The third kappa shape index (κ3) is 3.93. The molecule has 0 fully saturated rings. The molecule has 0 bridgehead atoms. The number of aryl methyl sites for hydroxylation is 1. The predicted octanol–water partition coefficient (Wildman–Crippen LogP) is 2.35. The number of carbonyl (C=O) groups excluding carboxylic acids is 1. The summed E-state index contributed by atoms with van der Waals surface area (Å²) >= 11 is 0. The Kier molecular flexibility index (Phi) is 4.91. The second kappa shape index (κ2) is 6.87. The third-order valence-corrected chi connectivity index (χ3v) is 3.36. The topological polar surface area (TPSA) is 55.1 Å². The highest BCUT2D eigenvalue weighted by Crippen LogP contribution is 2.09. The first-order chi connectivity index (χ1) is 9.66. The Morgan fingerprint density at radius 2 is 1.75 bits per heavy atom. The molecule has 2 aromatic carbocycles. The first-order valence-electron chi connectivity index (χ1n) is 6.78. The molecule has 1 unspecified atom stereocenters. The second-order valence-corrected chi connectivity index (χ2v) is 4.92. The number of nitrogens with two attached hydrogens (primary N) is 1. The Bertz CT molecular complexity index is 566. The average Bonchev–Trinajstić information content (AvgIpc) is 2.48. The van der Waals surface area contributed by atoms with Crippen molar-refractivity contribution in [1.29, 1.82) is 0 Å². The van der Waals surface area contributed by atoms with E-state index >= 15 is 0 Å². The van der Waals surface area contributed by atoms with Gasteiger partial charge in [-0.15, -0.1) is 0 Å². The van der Waals surface area contributed by atoms with E-state index in [-0.39, 0.29) is 11.9 Å². The molecule has 1 atom stereocenters. The fourth-order valence-electron chi connectivity index (χ4n) is 2.09. The molecule has 0 saturated heterocycles. The molecule has 0 aliphatic rings. The van der Waals surface area contributed by atoms with E-state index in [2.05, 4.69) is 5.32 Å². The molecule has 3 heteroatoms. The van der Waals surface area contributed by atoms with Crippen LogP contribution in [0.2, 0.25) is 0 Å². The van der Waals surface area contributed by atoms with Gasteiger partial charge in [-0.05, 0) is 23.6 Å². The molecular weight excluding hydrogens is 248 g/mol. The van der Waals surface area contributed by atoms with Crippen molar-refractivity contribution >= 4 is 5.91 Å². The van der Waals surface area contributed by atoms with Gasteiger partial charge in [-0.1, -0.05) is 54.6 Å². The number of amides is 1. The molecule has 3 nitrogen and oxygen atoms in total. The van der Waals surface area contributed by atoms with Crippen molar-refractivity contribution in [2.45, 2.75) is 19.4 Å². The van der Waals surface area contributed by atoms with Gasteiger partial charge in [0.1, 0.15) is 0 Å². The van der Waals surface area contributed by atoms with Crippen molar-refractivity contribution in [2.24, 2.45) is 5.73 Å². The molecule has 0 radical (unpaired) electrons. The van der Waals surface area contributed by atoms with Crippen LogP contribution in [-0.2, 0) is 11.2 Å². The lowest BCUT2D eigenvalue weighted by Crippen LogP contribution is -2.33. The maximum Gasteiger partial charge on any atom is 0.224 e. The normalized spacial score (nSPS) is 11.9. The molecule has 2 rings (SSSR count). The largest absolute Gasteiger partial charge is 0.354 e. The minimum atomic E-state index is -0.169. The minimum Gasteiger partial charge on any atom is -0.354 e. The summed E-state index contributed by atoms with van der Waals surface area (Å²) in [6.45, 7) is 2.47. The van der Waals surface area contributed by atoms with Gasteiger partial charge >= 0.3 is 0 Å². The first-order valence-corrected chi connectivity index (χ1v) is 6.78. The predicted molar refractivity (Wildman–Crippen MR) is 81.3 cm³/mol. The molecule has 20 heavy (non-hydrogen) atoms. The van der Waals surface area contributed by atoms with Gasteiger partial charge in [0.2, 0.25) is 5.91 Å². The van der Waals surface area contributed by atoms with Crippen LogP contribution in [0.1, 0.15) is 22.7 Å². The lowest BCUT2D eigenvalue weighted by Gasteiger charge is -2.13. The molecule has 0 spiro atoms. The Balaban J connectivity index is 1.85. The van der Waals surface area contributed by atoms with Crippen molar-refractivity contribution in [2.75, 3.05) is 6.54 Å². The van der Waals surface area contributed by atoms with Gasteiger partial charge in [-0.3, -0.25) is 4.79 Å². The summed E-state index contributed by atoms with van der Waals surface area (Å²) in [6.07, 6.45) is 0.397. The van der Waals surface area contributed by atoms with Crippen LogP contribution in [0.15, 0.2) is 54.6 Å². The van der Waals surface area contributed by atoms with Crippen molar-refractivity contribution in [1.82, 2.24) is 5.32 Å². The summed E-state index contributed by atoms with van der Waals surface area (Å²) in [6, 6.07) is 17.5. The molecule has 0 saturated carbocycles. The van der Waals surface area contributed by atoms with Gasteiger partial charge in [0, 0.05) is 12.6 Å². The summed E-state index contributed by atoms with van der Waals surface area (Å²) < 4.78 is 0. The lowest BCUT2D eigenvalue weighted by molar-refractivity contribution is -0.120. The highest BCUT2D eigenvalue weighted by molar-refractivity contribution is 5.78. The Morgan fingerprint density at radius 1 is 1.10 bits per heavy atom. The number of rotatable bonds is 5. The molecule has 104 valence electrons. The van der Waals surface area contributed by atoms with E-state index in [0.29, 0.717) is 13.0 Å². The molecule has 0 aromatic heterocycles. The van der Waals surface area contributed by atoms with Crippen LogP contribution in [-0.4, -0.2) is 12.5 Å². The van der Waals surface area contributed by atoms with Gasteiger partial charge in [-0.25, -0.2) is 0 Å². The summed E-state index contributed by atoms with van der Waals surface area (Å²) in [4.78, 5) is 11.9.